The minimum absolute atomic E-state index is 0.367. The molecule has 0 aliphatic carbocycles. The zero-order chi connectivity index (χ0) is 14.2. The molecule has 2 aromatic rings. The zero-order valence-corrected chi connectivity index (χ0v) is 12.4. The van der Waals surface area contributed by atoms with E-state index in [0.717, 1.165) is 31.9 Å². The Morgan fingerprint density at radius 2 is 1.90 bits per heavy atom. The van der Waals surface area contributed by atoms with Crippen molar-refractivity contribution in [3.8, 4) is 0 Å². The summed E-state index contributed by atoms with van der Waals surface area (Å²) >= 11 is 0. The van der Waals surface area contributed by atoms with Gasteiger partial charge in [0.25, 0.3) is 0 Å². The SMILES string of the molecule is CCNCC(c1ccccc1)N(CC)Cc1ccco1. The molecule has 3 nitrogen and oxygen atoms in total. The van der Waals surface area contributed by atoms with E-state index in [9.17, 15) is 0 Å². The van der Waals surface area contributed by atoms with Crippen molar-refractivity contribution < 1.29 is 4.42 Å². The van der Waals surface area contributed by atoms with E-state index >= 15 is 0 Å². The summed E-state index contributed by atoms with van der Waals surface area (Å²) in [7, 11) is 0. The first-order chi connectivity index (χ1) is 9.85. The lowest BCUT2D eigenvalue weighted by molar-refractivity contribution is 0.180. The van der Waals surface area contributed by atoms with Gasteiger partial charge in [-0.2, -0.15) is 0 Å². The maximum atomic E-state index is 5.49. The molecule has 0 aliphatic rings. The largest absolute Gasteiger partial charge is 0.468 e. The average Bonchev–Trinajstić information content (AvgIpc) is 3.00. The van der Waals surface area contributed by atoms with Crippen LogP contribution in [0.2, 0.25) is 0 Å². The van der Waals surface area contributed by atoms with Crippen molar-refractivity contribution in [3.63, 3.8) is 0 Å². The predicted octanol–water partition coefficient (Wildman–Crippen LogP) is 3.45. The van der Waals surface area contributed by atoms with E-state index in [1.807, 2.05) is 12.1 Å². The summed E-state index contributed by atoms with van der Waals surface area (Å²) in [4.78, 5) is 2.44. The Hall–Kier alpha value is -1.58. The van der Waals surface area contributed by atoms with Crippen molar-refractivity contribution >= 4 is 0 Å². The number of hydrogen-bond donors (Lipinski definition) is 1. The van der Waals surface area contributed by atoms with E-state index in [1.165, 1.54) is 5.56 Å². The molecule has 1 N–H and O–H groups in total. The van der Waals surface area contributed by atoms with Crippen molar-refractivity contribution in [1.82, 2.24) is 10.2 Å². The van der Waals surface area contributed by atoms with Gasteiger partial charge in [-0.15, -0.1) is 0 Å². The first-order valence-corrected chi connectivity index (χ1v) is 7.37. The van der Waals surface area contributed by atoms with Crippen LogP contribution in [-0.2, 0) is 6.54 Å². The molecular weight excluding hydrogens is 248 g/mol. The van der Waals surface area contributed by atoms with Gasteiger partial charge in [0, 0.05) is 12.6 Å². The summed E-state index contributed by atoms with van der Waals surface area (Å²) in [6.45, 7) is 8.12. The monoisotopic (exact) mass is 272 g/mol. The number of likely N-dealkylation sites (N-methyl/N-ethyl adjacent to an activating group) is 2. The van der Waals surface area contributed by atoms with Crippen LogP contribution >= 0.6 is 0 Å². The van der Waals surface area contributed by atoms with Gasteiger partial charge in [0.1, 0.15) is 5.76 Å². The lowest BCUT2D eigenvalue weighted by Gasteiger charge is -2.30. The Labute approximate surface area is 121 Å². The van der Waals surface area contributed by atoms with Gasteiger partial charge >= 0.3 is 0 Å². The maximum Gasteiger partial charge on any atom is 0.117 e. The Kier molecular flexibility index (Phi) is 5.84. The van der Waals surface area contributed by atoms with Crippen LogP contribution in [0, 0.1) is 0 Å². The van der Waals surface area contributed by atoms with Gasteiger partial charge in [-0.25, -0.2) is 0 Å². The fraction of sp³-hybridized carbons (Fsp3) is 0.412. The molecule has 1 aromatic heterocycles. The van der Waals surface area contributed by atoms with E-state index in [0.29, 0.717) is 6.04 Å². The maximum absolute atomic E-state index is 5.49. The molecule has 20 heavy (non-hydrogen) atoms. The average molecular weight is 272 g/mol. The van der Waals surface area contributed by atoms with Crippen LogP contribution in [0.3, 0.4) is 0 Å². The Balaban J connectivity index is 2.14. The van der Waals surface area contributed by atoms with E-state index in [-0.39, 0.29) is 0 Å². The van der Waals surface area contributed by atoms with Crippen LogP contribution in [0.15, 0.2) is 53.1 Å². The second-order valence-electron chi connectivity index (χ2n) is 4.88. The summed E-state index contributed by atoms with van der Waals surface area (Å²) in [5.41, 5.74) is 1.35. The second kappa shape index (κ2) is 7.88. The Bertz CT molecular complexity index is 467. The molecule has 0 radical (unpaired) electrons. The zero-order valence-electron chi connectivity index (χ0n) is 12.4. The van der Waals surface area contributed by atoms with E-state index in [2.05, 4.69) is 54.4 Å². The highest BCUT2D eigenvalue weighted by molar-refractivity contribution is 5.19. The summed E-state index contributed by atoms with van der Waals surface area (Å²) in [5, 5.41) is 3.47. The number of furan rings is 1. The van der Waals surface area contributed by atoms with Crippen molar-refractivity contribution in [3.05, 3.63) is 60.1 Å². The quantitative estimate of drug-likeness (QED) is 0.798. The topological polar surface area (TPSA) is 28.4 Å². The van der Waals surface area contributed by atoms with Crippen molar-refractivity contribution in [2.45, 2.75) is 26.4 Å². The molecule has 1 unspecified atom stereocenters. The summed E-state index contributed by atoms with van der Waals surface area (Å²) in [6, 6.07) is 15.0. The first-order valence-electron chi connectivity index (χ1n) is 7.37. The van der Waals surface area contributed by atoms with Gasteiger partial charge in [0.15, 0.2) is 0 Å². The van der Waals surface area contributed by atoms with Crippen LogP contribution in [0.4, 0.5) is 0 Å². The highest BCUT2D eigenvalue weighted by Gasteiger charge is 2.19. The van der Waals surface area contributed by atoms with Crippen molar-refractivity contribution in [1.29, 1.82) is 0 Å². The molecule has 0 amide bonds. The molecule has 0 fully saturated rings. The van der Waals surface area contributed by atoms with Gasteiger partial charge < -0.3 is 9.73 Å². The molecule has 0 aliphatic heterocycles. The summed E-state index contributed by atoms with van der Waals surface area (Å²) < 4.78 is 5.49. The molecule has 3 heteroatoms. The molecular formula is C17H24N2O. The van der Waals surface area contributed by atoms with E-state index in [1.54, 1.807) is 6.26 Å². The minimum Gasteiger partial charge on any atom is -0.468 e. The molecule has 1 aromatic carbocycles. The smallest absolute Gasteiger partial charge is 0.117 e. The van der Waals surface area contributed by atoms with Gasteiger partial charge in [-0.05, 0) is 30.8 Å². The predicted molar refractivity (Wildman–Crippen MR) is 82.5 cm³/mol. The third kappa shape index (κ3) is 3.95. The second-order valence-corrected chi connectivity index (χ2v) is 4.88. The van der Waals surface area contributed by atoms with Gasteiger partial charge in [-0.3, -0.25) is 4.90 Å². The molecule has 0 bridgehead atoms. The minimum atomic E-state index is 0.367. The Morgan fingerprint density at radius 3 is 2.50 bits per heavy atom. The fourth-order valence-corrected chi connectivity index (χ4v) is 2.46. The van der Waals surface area contributed by atoms with Crippen LogP contribution in [0.25, 0.3) is 0 Å². The highest BCUT2D eigenvalue weighted by atomic mass is 16.3. The number of rotatable bonds is 8. The molecule has 2 rings (SSSR count). The third-order valence-corrected chi connectivity index (χ3v) is 3.56. The summed E-state index contributed by atoms with van der Waals surface area (Å²) in [5.74, 6) is 1.02. The van der Waals surface area contributed by atoms with Crippen molar-refractivity contribution in [2.24, 2.45) is 0 Å². The fourth-order valence-electron chi connectivity index (χ4n) is 2.46. The molecule has 108 valence electrons. The first kappa shape index (κ1) is 14.8. The van der Waals surface area contributed by atoms with Crippen molar-refractivity contribution in [2.75, 3.05) is 19.6 Å². The van der Waals surface area contributed by atoms with E-state index in [4.69, 9.17) is 4.42 Å². The normalized spacial score (nSPS) is 12.8. The number of nitrogens with one attached hydrogen (secondary N) is 1. The van der Waals surface area contributed by atoms with Gasteiger partial charge in [0.2, 0.25) is 0 Å². The molecule has 1 heterocycles. The third-order valence-electron chi connectivity index (χ3n) is 3.56. The Morgan fingerprint density at radius 1 is 1.10 bits per heavy atom. The van der Waals surface area contributed by atoms with Crippen LogP contribution in [0.1, 0.15) is 31.2 Å². The van der Waals surface area contributed by atoms with E-state index < -0.39 is 0 Å². The van der Waals surface area contributed by atoms with Crippen LogP contribution < -0.4 is 5.32 Å². The summed E-state index contributed by atoms with van der Waals surface area (Å²) in [6.07, 6.45) is 1.74. The number of benzene rings is 1. The van der Waals surface area contributed by atoms with Crippen LogP contribution in [-0.4, -0.2) is 24.5 Å². The number of nitrogens with zero attached hydrogens (tertiary/aromatic N) is 1. The molecule has 0 spiro atoms. The van der Waals surface area contributed by atoms with Gasteiger partial charge in [-0.1, -0.05) is 44.2 Å². The molecule has 0 saturated carbocycles. The lowest BCUT2D eigenvalue weighted by Crippen LogP contribution is -2.35. The lowest BCUT2D eigenvalue weighted by atomic mass is 10.0. The number of hydrogen-bond acceptors (Lipinski definition) is 3. The molecule has 1 atom stereocenters. The highest BCUT2D eigenvalue weighted by Crippen LogP contribution is 2.22. The van der Waals surface area contributed by atoms with Gasteiger partial charge in [0.05, 0.1) is 12.8 Å². The van der Waals surface area contributed by atoms with Crippen LogP contribution in [0.5, 0.6) is 0 Å². The molecule has 0 saturated heterocycles. The standard InChI is InChI=1S/C17H24N2O/c1-3-18-13-17(15-9-6-5-7-10-15)19(4-2)14-16-11-8-12-20-16/h5-12,17-18H,3-4,13-14H2,1-2H3.